The summed E-state index contributed by atoms with van der Waals surface area (Å²) in [5.74, 6) is -0.156. The number of nitro benzene ring substituents is 1. The second-order valence-corrected chi connectivity index (χ2v) is 9.05. The molecular formula is C24H16BrCl2N3O4. The molecule has 4 rings (SSSR count). The summed E-state index contributed by atoms with van der Waals surface area (Å²) in [6.07, 6.45) is 2.20. The number of imidazole rings is 1. The van der Waals surface area contributed by atoms with Crippen LogP contribution in [0.4, 0.5) is 5.69 Å². The summed E-state index contributed by atoms with van der Waals surface area (Å²) in [4.78, 5) is 27.8. The van der Waals surface area contributed by atoms with E-state index in [1.807, 2.05) is 24.3 Å². The van der Waals surface area contributed by atoms with Crippen molar-refractivity contribution in [3.8, 4) is 16.9 Å². The van der Waals surface area contributed by atoms with Crippen molar-refractivity contribution in [1.29, 1.82) is 0 Å². The lowest BCUT2D eigenvalue weighted by Crippen LogP contribution is -2.08. The molecule has 10 heteroatoms. The largest absolute Gasteiger partial charge is 0.465 e. The number of hydrogen-bond acceptors (Lipinski definition) is 5. The molecule has 0 bridgehead atoms. The molecule has 3 aromatic carbocycles. The third-order valence-corrected chi connectivity index (χ3v) is 6.20. The van der Waals surface area contributed by atoms with Crippen molar-refractivity contribution < 1.29 is 14.5 Å². The minimum absolute atomic E-state index is 0.133. The molecule has 0 unspecified atom stereocenters. The highest BCUT2D eigenvalue weighted by atomic mass is 79.9. The molecule has 0 aliphatic carbocycles. The highest BCUT2D eigenvalue weighted by Crippen LogP contribution is 2.32. The molecule has 0 atom stereocenters. The predicted octanol–water partition coefficient (Wildman–Crippen LogP) is 6.89. The Kier molecular flexibility index (Phi) is 7.02. The van der Waals surface area contributed by atoms with Crippen molar-refractivity contribution >= 4 is 50.8 Å². The second kappa shape index (κ2) is 9.97. The van der Waals surface area contributed by atoms with Gasteiger partial charge in [0.1, 0.15) is 11.4 Å². The van der Waals surface area contributed by atoms with Gasteiger partial charge in [0, 0.05) is 33.7 Å². The zero-order valence-corrected chi connectivity index (χ0v) is 20.8. The summed E-state index contributed by atoms with van der Waals surface area (Å²) in [6, 6.07) is 17.2. The first-order chi connectivity index (χ1) is 16.3. The molecule has 0 saturated heterocycles. The molecule has 172 valence electrons. The summed E-state index contributed by atoms with van der Waals surface area (Å²) in [5.41, 5.74) is 2.21. The van der Waals surface area contributed by atoms with E-state index in [2.05, 4.69) is 20.7 Å². The van der Waals surface area contributed by atoms with Crippen LogP contribution >= 0.6 is 39.1 Å². The fourth-order valence-corrected chi connectivity index (χ4v) is 4.25. The van der Waals surface area contributed by atoms with Crippen molar-refractivity contribution in [2.45, 2.75) is 6.42 Å². The van der Waals surface area contributed by atoms with Gasteiger partial charge < -0.3 is 9.30 Å². The van der Waals surface area contributed by atoms with Gasteiger partial charge in [0.25, 0.3) is 5.69 Å². The lowest BCUT2D eigenvalue weighted by molar-refractivity contribution is -0.385. The predicted molar refractivity (Wildman–Crippen MR) is 134 cm³/mol. The molecular weight excluding hydrogens is 545 g/mol. The lowest BCUT2D eigenvalue weighted by Gasteiger charge is -2.09. The van der Waals surface area contributed by atoms with E-state index in [1.165, 1.54) is 19.2 Å². The fraction of sp³-hybridized carbons (Fsp3) is 0.0833. The number of aromatic nitrogens is 2. The Bertz CT molecular complexity index is 1400. The minimum Gasteiger partial charge on any atom is -0.465 e. The zero-order valence-electron chi connectivity index (χ0n) is 17.7. The Labute approximate surface area is 213 Å². The van der Waals surface area contributed by atoms with E-state index in [1.54, 1.807) is 35.0 Å². The standard InChI is InChI=1S/C24H16BrCl2N3O4/c1-34-24(31)19-9-7-17(12-22(19)30(32)33)29-13-21(18-8-6-16(26)11-20(18)27)28-23(29)10-14-2-4-15(25)5-3-14/h2-9,11-13H,10H2,1H3. The van der Waals surface area contributed by atoms with Gasteiger partial charge in [-0.2, -0.15) is 0 Å². The van der Waals surface area contributed by atoms with Gasteiger partial charge in [0.15, 0.2) is 0 Å². The zero-order chi connectivity index (χ0) is 24.4. The Morgan fingerprint density at radius 1 is 1.12 bits per heavy atom. The number of carbonyl (C=O) groups excluding carboxylic acids is 1. The summed E-state index contributed by atoms with van der Waals surface area (Å²) < 4.78 is 7.37. The Hall–Kier alpha value is -3.20. The monoisotopic (exact) mass is 559 g/mol. The molecule has 7 nitrogen and oxygen atoms in total. The van der Waals surface area contributed by atoms with Gasteiger partial charge in [-0.25, -0.2) is 9.78 Å². The Morgan fingerprint density at radius 2 is 1.85 bits per heavy atom. The summed E-state index contributed by atoms with van der Waals surface area (Å²) >= 11 is 15.9. The van der Waals surface area contributed by atoms with E-state index in [0.29, 0.717) is 39.2 Å². The van der Waals surface area contributed by atoms with E-state index in [9.17, 15) is 14.9 Å². The van der Waals surface area contributed by atoms with Crippen LogP contribution in [0.1, 0.15) is 21.7 Å². The summed E-state index contributed by atoms with van der Waals surface area (Å²) in [7, 11) is 1.17. The quantitative estimate of drug-likeness (QED) is 0.145. The van der Waals surface area contributed by atoms with Crippen LogP contribution in [0.25, 0.3) is 16.9 Å². The van der Waals surface area contributed by atoms with E-state index < -0.39 is 10.9 Å². The van der Waals surface area contributed by atoms with Crippen molar-refractivity contribution in [2.24, 2.45) is 0 Å². The number of carbonyl (C=O) groups is 1. The van der Waals surface area contributed by atoms with Gasteiger partial charge in [-0.3, -0.25) is 10.1 Å². The fourth-order valence-electron chi connectivity index (χ4n) is 3.48. The number of halogens is 3. The topological polar surface area (TPSA) is 87.3 Å². The van der Waals surface area contributed by atoms with Gasteiger partial charge in [-0.05, 0) is 48.0 Å². The van der Waals surface area contributed by atoms with Gasteiger partial charge in [-0.1, -0.05) is 51.3 Å². The third-order valence-electron chi connectivity index (χ3n) is 5.12. The van der Waals surface area contributed by atoms with Gasteiger partial charge >= 0.3 is 5.97 Å². The highest BCUT2D eigenvalue weighted by molar-refractivity contribution is 9.10. The molecule has 0 radical (unpaired) electrons. The smallest absolute Gasteiger partial charge is 0.344 e. The number of hydrogen-bond donors (Lipinski definition) is 0. The average molecular weight is 561 g/mol. The molecule has 4 aromatic rings. The van der Waals surface area contributed by atoms with Crippen LogP contribution in [0.5, 0.6) is 0 Å². The van der Waals surface area contributed by atoms with Crippen LogP contribution in [0.3, 0.4) is 0 Å². The van der Waals surface area contributed by atoms with Crippen LogP contribution in [0, 0.1) is 10.1 Å². The van der Waals surface area contributed by atoms with Gasteiger partial charge in [0.2, 0.25) is 0 Å². The molecule has 0 saturated carbocycles. The van der Waals surface area contributed by atoms with E-state index in [0.717, 1.165) is 10.0 Å². The van der Waals surface area contributed by atoms with E-state index >= 15 is 0 Å². The maximum absolute atomic E-state index is 12.0. The molecule has 1 aromatic heterocycles. The number of nitrogens with zero attached hydrogens (tertiary/aromatic N) is 3. The number of rotatable bonds is 6. The average Bonchev–Trinajstić information content (AvgIpc) is 3.22. The van der Waals surface area contributed by atoms with Crippen molar-refractivity contribution in [1.82, 2.24) is 9.55 Å². The lowest BCUT2D eigenvalue weighted by atomic mass is 10.1. The molecule has 1 heterocycles. The Morgan fingerprint density at radius 3 is 2.50 bits per heavy atom. The first kappa shape index (κ1) is 23.9. The maximum atomic E-state index is 12.0. The second-order valence-electron chi connectivity index (χ2n) is 7.29. The minimum atomic E-state index is -0.785. The summed E-state index contributed by atoms with van der Waals surface area (Å²) in [6.45, 7) is 0. The van der Waals surface area contributed by atoms with Crippen molar-refractivity contribution in [2.75, 3.05) is 7.11 Å². The maximum Gasteiger partial charge on any atom is 0.344 e. The molecule has 0 aliphatic rings. The van der Waals surface area contributed by atoms with Crippen LogP contribution < -0.4 is 0 Å². The molecule has 0 spiro atoms. The van der Waals surface area contributed by atoms with Crippen LogP contribution in [0.15, 0.2) is 71.3 Å². The van der Waals surface area contributed by atoms with Gasteiger partial charge in [0.05, 0.1) is 28.4 Å². The van der Waals surface area contributed by atoms with Crippen LogP contribution in [-0.4, -0.2) is 27.6 Å². The van der Waals surface area contributed by atoms with Gasteiger partial charge in [-0.15, -0.1) is 0 Å². The first-order valence-electron chi connectivity index (χ1n) is 9.92. The molecule has 0 amide bonds. The van der Waals surface area contributed by atoms with Crippen molar-refractivity contribution in [3.63, 3.8) is 0 Å². The highest BCUT2D eigenvalue weighted by Gasteiger charge is 2.23. The van der Waals surface area contributed by atoms with Crippen molar-refractivity contribution in [3.05, 3.63) is 108 Å². The number of nitro groups is 1. The molecule has 0 N–H and O–H groups in total. The Balaban J connectivity index is 1.87. The van der Waals surface area contributed by atoms with Crippen LogP contribution in [0.2, 0.25) is 10.0 Å². The molecule has 0 aliphatic heterocycles. The van der Waals surface area contributed by atoms with E-state index in [4.69, 9.17) is 28.2 Å². The normalized spacial score (nSPS) is 10.8. The number of esters is 1. The molecule has 0 fully saturated rings. The third kappa shape index (κ3) is 4.99. The van der Waals surface area contributed by atoms with E-state index in [-0.39, 0.29) is 11.3 Å². The first-order valence-corrected chi connectivity index (χ1v) is 11.5. The van der Waals surface area contributed by atoms with Crippen LogP contribution in [-0.2, 0) is 11.2 Å². The summed E-state index contributed by atoms with van der Waals surface area (Å²) in [5, 5.41) is 12.6. The SMILES string of the molecule is COC(=O)c1ccc(-n2cc(-c3ccc(Cl)cc3Cl)nc2Cc2ccc(Br)cc2)cc1[N+](=O)[O-]. The number of methoxy groups -OCH3 is 1. The number of ether oxygens (including phenoxy) is 1. The number of benzene rings is 3. The molecule has 34 heavy (non-hydrogen) atoms.